The van der Waals surface area contributed by atoms with Crippen molar-refractivity contribution in [2.45, 2.75) is 58.0 Å². The molecule has 0 spiro atoms. The second-order valence-electron chi connectivity index (χ2n) is 9.79. The SMILES string of the molecule is Cc1cc2c(cc1N1[C@@H](C)C3CCC1(C)CC3)c1ccccc1n2-c1ccccc1. The molecule has 0 amide bonds. The highest BCUT2D eigenvalue weighted by atomic mass is 15.3. The van der Waals surface area contributed by atoms with Gasteiger partial charge in [-0.05, 0) is 88.3 Å². The summed E-state index contributed by atoms with van der Waals surface area (Å²) in [5, 5.41) is 2.71. The molecule has 3 aliphatic rings. The van der Waals surface area contributed by atoms with Gasteiger partial charge in [0.2, 0.25) is 0 Å². The molecule has 2 aliphatic heterocycles. The van der Waals surface area contributed by atoms with Gasteiger partial charge in [0.1, 0.15) is 0 Å². The number of benzene rings is 3. The van der Waals surface area contributed by atoms with Crippen LogP contribution < -0.4 is 4.90 Å². The Bertz CT molecular complexity index is 1240. The Morgan fingerprint density at radius 2 is 1.53 bits per heavy atom. The molecular weight excluding hydrogens is 364 g/mol. The highest BCUT2D eigenvalue weighted by Gasteiger charge is 2.47. The molecule has 1 aromatic heterocycles. The van der Waals surface area contributed by atoms with E-state index in [-0.39, 0.29) is 0 Å². The molecule has 1 atom stereocenters. The van der Waals surface area contributed by atoms with E-state index >= 15 is 0 Å². The first kappa shape index (κ1) is 18.1. The minimum absolute atomic E-state index is 0.296. The van der Waals surface area contributed by atoms with Crippen LogP contribution in [0.4, 0.5) is 5.69 Å². The molecule has 30 heavy (non-hydrogen) atoms. The molecule has 1 aliphatic carbocycles. The van der Waals surface area contributed by atoms with Crippen molar-refractivity contribution in [3.63, 3.8) is 0 Å². The third-order valence-corrected chi connectivity index (χ3v) is 8.04. The first-order valence-corrected chi connectivity index (χ1v) is 11.5. The highest BCUT2D eigenvalue weighted by molar-refractivity contribution is 6.10. The van der Waals surface area contributed by atoms with E-state index in [4.69, 9.17) is 0 Å². The smallest absolute Gasteiger partial charge is 0.0545 e. The van der Waals surface area contributed by atoms with Gasteiger partial charge in [-0.15, -0.1) is 0 Å². The zero-order valence-corrected chi connectivity index (χ0v) is 18.2. The number of piperidine rings is 2. The van der Waals surface area contributed by atoms with Crippen LogP contribution in [0.3, 0.4) is 0 Å². The molecule has 0 N–H and O–H groups in total. The number of para-hydroxylation sites is 2. The molecule has 0 unspecified atom stereocenters. The van der Waals surface area contributed by atoms with Crippen LogP contribution in [0.1, 0.15) is 45.1 Å². The number of hydrogen-bond donors (Lipinski definition) is 0. The fourth-order valence-corrected chi connectivity index (χ4v) is 6.42. The summed E-state index contributed by atoms with van der Waals surface area (Å²) in [5.74, 6) is 0.840. The molecular formula is C28H30N2. The van der Waals surface area contributed by atoms with E-state index in [0.717, 1.165) is 5.92 Å². The van der Waals surface area contributed by atoms with Crippen molar-refractivity contribution in [2.24, 2.45) is 5.92 Å². The summed E-state index contributed by atoms with van der Waals surface area (Å²) in [6.07, 6.45) is 5.43. The fraction of sp³-hybridized carbons (Fsp3) is 0.357. The number of aryl methyl sites for hydroxylation is 1. The average Bonchev–Trinajstić information content (AvgIpc) is 3.07. The lowest BCUT2D eigenvalue weighted by atomic mass is 9.67. The van der Waals surface area contributed by atoms with Gasteiger partial charge in [-0.1, -0.05) is 36.4 Å². The number of nitrogens with zero attached hydrogens (tertiary/aromatic N) is 2. The van der Waals surface area contributed by atoms with Gasteiger partial charge in [0.15, 0.2) is 0 Å². The Morgan fingerprint density at radius 1 is 0.833 bits per heavy atom. The zero-order chi connectivity index (χ0) is 20.5. The van der Waals surface area contributed by atoms with Gasteiger partial charge in [-0.25, -0.2) is 0 Å². The summed E-state index contributed by atoms with van der Waals surface area (Å²) >= 11 is 0. The molecule has 2 heteroatoms. The molecule has 1 saturated carbocycles. The van der Waals surface area contributed by atoms with Crippen molar-refractivity contribution in [3.05, 3.63) is 72.3 Å². The minimum atomic E-state index is 0.296. The molecule has 3 heterocycles. The van der Waals surface area contributed by atoms with Crippen LogP contribution in [0.25, 0.3) is 27.5 Å². The van der Waals surface area contributed by atoms with Gasteiger partial charge in [0, 0.05) is 33.7 Å². The van der Waals surface area contributed by atoms with E-state index in [1.54, 1.807) is 0 Å². The molecule has 4 aromatic rings. The second kappa shape index (κ2) is 6.38. The maximum atomic E-state index is 2.79. The van der Waals surface area contributed by atoms with Crippen LogP contribution in [-0.4, -0.2) is 16.1 Å². The number of anilines is 1. The van der Waals surface area contributed by atoms with E-state index in [0.29, 0.717) is 11.6 Å². The topological polar surface area (TPSA) is 8.17 Å². The third-order valence-electron chi connectivity index (χ3n) is 8.04. The van der Waals surface area contributed by atoms with Crippen LogP contribution >= 0.6 is 0 Å². The third kappa shape index (κ3) is 2.43. The number of aromatic nitrogens is 1. The van der Waals surface area contributed by atoms with Gasteiger partial charge < -0.3 is 9.47 Å². The Labute approximate surface area is 179 Å². The zero-order valence-electron chi connectivity index (χ0n) is 18.2. The number of fused-ring (bicyclic) bond motifs is 6. The average molecular weight is 395 g/mol. The largest absolute Gasteiger partial charge is 0.363 e. The molecule has 2 bridgehead atoms. The lowest BCUT2D eigenvalue weighted by Crippen LogP contribution is -2.61. The maximum Gasteiger partial charge on any atom is 0.0545 e. The minimum Gasteiger partial charge on any atom is -0.363 e. The van der Waals surface area contributed by atoms with Crippen molar-refractivity contribution in [1.29, 1.82) is 0 Å². The summed E-state index contributed by atoms with van der Waals surface area (Å²) in [5.41, 5.74) is 6.96. The monoisotopic (exact) mass is 394 g/mol. The van der Waals surface area contributed by atoms with Crippen molar-refractivity contribution in [2.75, 3.05) is 4.90 Å². The second-order valence-corrected chi connectivity index (χ2v) is 9.79. The summed E-state index contributed by atoms with van der Waals surface area (Å²) in [6, 6.07) is 25.2. The van der Waals surface area contributed by atoms with Crippen LogP contribution in [0.5, 0.6) is 0 Å². The summed E-state index contributed by atoms with van der Waals surface area (Å²) in [7, 11) is 0. The Balaban J connectivity index is 1.63. The number of rotatable bonds is 2. The predicted octanol–water partition coefficient (Wildman–Crippen LogP) is 7.25. The normalized spacial score (nSPS) is 26.0. The molecule has 3 fully saturated rings. The van der Waals surface area contributed by atoms with Crippen LogP contribution in [0.2, 0.25) is 0 Å². The van der Waals surface area contributed by atoms with Gasteiger partial charge in [0.25, 0.3) is 0 Å². The summed E-state index contributed by atoms with van der Waals surface area (Å²) in [6.45, 7) is 7.26. The highest BCUT2D eigenvalue weighted by Crippen LogP contribution is 2.50. The lowest BCUT2D eigenvalue weighted by molar-refractivity contribution is 0.134. The Morgan fingerprint density at radius 3 is 2.27 bits per heavy atom. The van der Waals surface area contributed by atoms with Gasteiger partial charge in [-0.2, -0.15) is 0 Å². The van der Waals surface area contributed by atoms with E-state index in [9.17, 15) is 0 Å². The van der Waals surface area contributed by atoms with E-state index < -0.39 is 0 Å². The Kier molecular flexibility index (Phi) is 3.84. The van der Waals surface area contributed by atoms with E-state index in [1.807, 2.05) is 0 Å². The molecule has 2 saturated heterocycles. The van der Waals surface area contributed by atoms with E-state index in [1.165, 1.54) is 64.4 Å². The van der Waals surface area contributed by atoms with Crippen molar-refractivity contribution in [1.82, 2.24) is 4.57 Å². The molecule has 0 radical (unpaired) electrons. The van der Waals surface area contributed by atoms with Crippen LogP contribution in [-0.2, 0) is 0 Å². The van der Waals surface area contributed by atoms with Crippen LogP contribution in [0.15, 0.2) is 66.7 Å². The number of hydrogen-bond acceptors (Lipinski definition) is 1. The van der Waals surface area contributed by atoms with Crippen molar-refractivity contribution >= 4 is 27.5 Å². The summed E-state index contributed by atoms with van der Waals surface area (Å²) < 4.78 is 2.43. The quantitative estimate of drug-likeness (QED) is 0.347. The molecule has 7 rings (SSSR count). The molecule has 2 nitrogen and oxygen atoms in total. The predicted molar refractivity (Wildman–Crippen MR) is 128 cm³/mol. The standard InChI is InChI=1S/C28H30N2/c1-19-17-27-24(18-26(19)30-20(2)21-13-15-28(30,3)16-14-21)23-11-7-8-12-25(23)29(27)22-9-5-4-6-10-22/h4-12,17-18,20-21H,13-16H2,1-3H3/t20-,21?,28?/m0/s1. The fourth-order valence-electron chi connectivity index (χ4n) is 6.42. The van der Waals surface area contributed by atoms with E-state index in [2.05, 4.69) is 97.0 Å². The van der Waals surface area contributed by atoms with Crippen molar-refractivity contribution < 1.29 is 0 Å². The van der Waals surface area contributed by atoms with Gasteiger partial charge >= 0.3 is 0 Å². The van der Waals surface area contributed by atoms with Gasteiger partial charge in [-0.3, -0.25) is 0 Å². The summed E-state index contributed by atoms with van der Waals surface area (Å²) in [4.78, 5) is 2.79. The van der Waals surface area contributed by atoms with Gasteiger partial charge in [0.05, 0.1) is 11.0 Å². The Hall–Kier alpha value is -2.74. The molecule has 152 valence electrons. The van der Waals surface area contributed by atoms with Crippen LogP contribution in [0, 0.1) is 12.8 Å². The molecule has 3 aromatic carbocycles. The first-order valence-electron chi connectivity index (χ1n) is 11.5. The first-order chi connectivity index (χ1) is 14.6. The van der Waals surface area contributed by atoms with Crippen molar-refractivity contribution in [3.8, 4) is 5.69 Å². The lowest BCUT2D eigenvalue weighted by Gasteiger charge is -2.58. The maximum absolute atomic E-state index is 2.79.